The van der Waals surface area contributed by atoms with Gasteiger partial charge in [0.2, 0.25) is 5.91 Å². The number of nitrogens with zero attached hydrogens (tertiary/aromatic N) is 1. The van der Waals surface area contributed by atoms with Crippen molar-refractivity contribution < 1.29 is 9.59 Å². The molecule has 1 aromatic carbocycles. The van der Waals surface area contributed by atoms with Crippen LogP contribution in [0.3, 0.4) is 0 Å². The van der Waals surface area contributed by atoms with Crippen molar-refractivity contribution in [2.24, 2.45) is 0 Å². The number of halogens is 1. The number of amides is 2. The van der Waals surface area contributed by atoms with Crippen LogP contribution in [0.5, 0.6) is 0 Å². The Labute approximate surface area is 134 Å². The molecule has 3 N–H and O–H groups in total. The molecule has 0 bridgehead atoms. The van der Waals surface area contributed by atoms with Gasteiger partial charge in [-0.15, -0.1) is 0 Å². The van der Waals surface area contributed by atoms with E-state index in [0.29, 0.717) is 24.3 Å². The topological polar surface area (TPSA) is 75.4 Å². The van der Waals surface area contributed by atoms with Gasteiger partial charge in [0.1, 0.15) is 0 Å². The lowest BCUT2D eigenvalue weighted by Crippen LogP contribution is -2.41. The molecule has 2 amide bonds. The highest BCUT2D eigenvalue weighted by Crippen LogP contribution is 2.21. The van der Waals surface area contributed by atoms with Crippen LogP contribution in [-0.4, -0.2) is 36.3 Å². The fourth-order valence-corrected chi connectivity index (χ4v) is 2.12. The number of hydrogen-bond acceptors (Lipinski definition) is 3. The summed E-state index contributed by atoms with van der Waals surface area (Å²) >= 11 is 3.30. The van der Waals surface area contributed by atoms with Crippen molar-refractivity contribution in [3.8, 4) is 0 Å². The van der Waals surface area contributed by atoms with Gasteiger partial charge in [-0.1, -0.05) is 13.8 Å². The second-order valence-electron chi connectivity index (χ2n) is 4.81. The molecule has 0 heterocycles. The summed E-state index contributed by atoms with van der Waals surface area (Å²) in [5, 5.41) is 2.78. The SMILES string of the molecule is CCCNC(=O)CN(CCC)C(=O)c1ccc(Br)c(N)c1. The van der Waals surface area contributed by atoms with Gasteiger partial charge < -0.3 is 16.0 Å². The molecule has 0 spiro atoms. The van der Waals surface area contributed by atoms with Gasteiger partial charge in [-0.25, -0.2) is 0 Å². The molecule has 6 heteroatoms. The molecule has 5 nitrogen and oxygen atoms in total. The average Bonchev–Trinajstić information content (AvgIpc) is 2.46. The molecule has 0 aliphatic rings. The first-order valence-corrected chi connectivity index (χ1v) is 7.89. The van der Waals surface area contributed by atoms with Gasteiger partial charge >= 0.3 is 0 Å². The first-order chi connectivity index (χ1) is 9.99. The number of benzene rings is 1. The number of rotatable bonds is 7. The highest BCUT2D eigenvalue weighted by Gasteiger charge is 2.18. The summed E-state index contributed by atoms with van der Waals surface area (Å²) in [6, 6.07) is 5.07. The molecule has 0 atom stereocenters. The van der Waals surface area contributed by atoms with Crippen molar-refractivity contribution in [1.29, 1.82) is 0 Å². The van der Waals surface area contributed by atoms with Gasteiger partial charge in [0.15, 0.2) is 0 Å². The summed E-state index contributed by atoms with van der Waals surface area (Å²) in [5.74, 6) is -0.313. The minimum Gasteiger partial charge on any atom is -0.398 e. The fourth-order valence-electron chi connectivity index (χ4n) is 1.88. The number of carbonyl (C=O) groups is 2. The normalized spacial score (nSPS) is 10.2. The first-order valence-electron chi connectivity index (χ1n) is 7.10. The second kappa shape index (κ2) is 8.67. The highest BCUT2D eigenvalue weighted by atomic mass is 79.9. The Bertz CT molecular complexity index is 506. The van der Waals surface area contributed by atoms with E-state index in [1.165, 1.54) is 0 Å². The Morgan fingerprint density at radius 2 is 2.00 bits per heavy atom. The molecule has 0 aliphatic carbocycles. The van der Waals surface area contributed by atoms with Gasteiger partial charge in [0, 0.05) is 28.8 Å². The zero-order valence-electron chi connectivity index (χ0n) is 12.5. The monoisotopic (exact) mass is 355 g/mol. The smallest absolute Gasteiger partial charge is 0.254 e. The third kappa shape index (κ3) is 5.38. The van der Waals surface area contributed by atoms with Crippen molar-refractivity contribution in [3.05, 3.63) is 28.2 Å². The highest BCUT2D eigenvalue weighted by molar-refractivity contribution is 9.10. The van der Waals surface area contributed by atoms with Gasteiger partial charge in [-0.3, -0.25) is 9.59 Å². The predicted molar refractivity (Wildman–Crippen MR) is 88.0 cm³/mol. The van der Waals surface area contributed by atoms with Crippen LogP contribution >= 0.6 is 15.9 Å². The standard InChI is InChI=1S/C15H22BrN3O2/c1-3-7-18-14(20)10-19(8-4-2)15(21)11-5-6-12(16)13(17)9-11/h5-6,9H,3-4,7-8,10,17H2,1-2H3,(H,18,20). The van der Waals surface area contributed by atoms with E-state index in [4.69, 9.17) is 5.73 Å². The van der Waals surface area contributed by atoms with Crippen LogP contribution in [0.2, 0.25) is 0 Å². The lowest BCUT2D eigenvalue weighted by Gasteiger charge is -2.22. The molecule has 0 aliphatic heterocycles. The number of nitrogens with one attached hydrogen (secondary N) is 1. The largest absolute Gasteiger partial charge is 0.398 e. The summed E-state index contributed by atoms with van der Waals surface area (Å²) in [5.41, 5.74) is 6.80. The molecule has 1 rings (SSSR count). The van der Waals surface area contributed by atoms with Crippen molar-refractivity contribution >= 4 is 33.4 Å². The van der Waals surface area contributed by atoms with E-state index in [9.17, 15) is 9.59 Å². The minimum absolute atomic E-state index is 0.0721. The van der Waals surface area contributed by atoms with Crippen molar-refractivity contribution in [3.63, 3.8) is 0 Å². The van der Waals surface area contributed by atoms with Crippen molar-refractivity contribution in [2.75, 3.05) is 25.4 Å². The van der Waals surface area contributed by atoms with Crippen LogP contribution in [0, 0.1) is 0 Å². The predicted octanol–water partition coefficient (Wildman–Crippen LogP) is 2.41. The van der Waals surface area contributed by atoms with Gasteiger partial charge in [-0.2, -0.15) is 0 Å². The van der Waals surface area contributed by atoms with Crippen molar-refractivity contribution in [2.45, 2.75) is 26.7 Å². The third-order valence-corrected chi connectivity index (χ3v) is 3.65. The van der Waals surface area contributed by atoms with Gasteiger partial charge in [-0.05, 0) is 47.0 Å². The zero-order valence-corrected chi connectivity index (χ0v) is 14.1. The third-order valence-electron chi connectivity index (χ3n) is 2.93. The Morgan fingerprint density at radius 3 is 2.57 bits per heavy atom. The maximum Gasteiger partial charge on any atom is 0.254 e. The Balaban J connectivity index is 2.81. The van der Waals surface area contributed by atoms with Crippen LogP contribution < -0.4 is 11.1 Å². The number of nitrogens with two attached hydrogens (primary N) is 1. The Morgan fingerprint density at radius 1 is 1.29 bits per heavy atom. The summed E-state index contributed by atoms with van der Waals surface area (Å²) in [4.78, 5) is 25.8. The second-order valence-corrected chi connectivity index (χ2v) is 5.67. The van der Waals surface area contributed by atoms with Crippen LogP contribution in [-0.2, 0) is 4.79 Å². The molecule has 0 saturated carbocycles. The van der Waals surface area contributed by atoms with E-state index in [0.717, 1.165) is 17.3 Å². The van der Waals surface area contributed by atoms with E-state index < -0.39 is 0 Å². The van der Waals surface area contributed by atoms with E-state index in [-0.39, 0.29) is 18.4 Å². The van der Waals surface area contributed by atoms with Crippen LogP contribution in [0.15, 0.2) is 22.7 Å². The molecular weight excluding hydrogens is 334 g/mol. The molecule has 0 saturated heterocycles. The van der Waals surface area contributed by atoms with Gasteiger partial charge in [0.25, 0.3) is 5.91 Å². The van der Waals surface area contributed by atoms with Crippen LogP contribution in [0.1, 0.15) is 37.0 Å². The summed E-state index contributed by atoms with van der Waals surface area (Å²) in [7, 11) is 0. The lowest BCUT2D eigenvalue weighted by atomic mass is 10.1. The molecule has 1 aromatic rings. The Hall–Kier alpha value is -1.56. The summed E-state index contributed by atoms with van der Waals surface area (Å²) in [6.07, 6.45) is 1.66. The van der Waals surface area contributed by atoms with E-state index >= 15 is 0 Å². The van der Waals surface area contributed by atoms with Crippen LogP contribution in [0.25, 0.3) is 0 Å². The van der Waals surface area contributed by atoms with Crippen molar-refractivity contribution in [1.82, 2.24) is 10.2 Å². The molecular formula is C15H22BrN3O2. The quantitative estimate of drug-likeness (QED) is 0.737. The van der Waals surface area contributed by atoms with Crippen LogP contribution in [0.4, 0.5) is 5.69 Å². The lowest BCUT2D eigenvalue weighted by molar-refractivity contribution is -0.121. The number of anilines is 1. The molecule has 0 fully saturated rings. The maximum atomic E-state index is 12.5. The molecule has 21 heavy (non-hydrogen) atoms. The summed E-state index contributed by atoms with van der Waals surface area (Å²) in [6.45, 7) is 5.19. The molecule has 116 valence electrons. The minimum atomic E-state index is -0.178. The number of nitrogen functional groups attached to an aromatic ring is 1. The molecule has 0 radical (unpaired) electrons. The molecule has 0 aromatic heterocycles. The first kappa shape index (κ1) is 17.5. The van der Waals surface area contributed by atoms with E-state index in [1.807, 2.05) is 13.8 Å². The summed E-state index contributed by atoms with van der Waals surface area (Å²) < 4.78 is 0.752. The van der Waals surface area contributed by atoms with E-state index in [2.05, 4.69) is 21.2 Å². The Kier molecular flexibility index (Phi) is 7.22. The average molecular weight is 356 g/mol. The number of carbonyl (C=O) groups excluding carboxylic acids is 2. The van der Waals surface area contributed by atoms with Gasteiger partial charge in [0.05, 0.1) is 6.54 Å². The fraction of sp³-hybridized carbons (Fsp3) is 0.467. The van der Waals surface area contributed by atoms with E-state index in [1.54, 1.807) is 23.1 Å². The number of hydrogen-bond donors (Lipinski definition) is 2. The molecule has 0 unspecified atom stereocenters. The maximum absolute atomic E-state index is 12.5. The zero-order chi connectivity index (χ0) is 15.8.